The summed E-state index contributed by atoms with van der Waals surface area (Å²) >= 11 is 0. The predicted octanol–water partition coefficient (Wildman–Crippen LogP) is 2.23. The second kappa shape index (κ2) is 7.40. The largest absolute Gasteiger partial charge is 0.341 e. The molecule has 1 aromatic heterocycles. The Labute approximate surface area is 149 Å². The maximum Gasteiger partial charge on any atom is 0.226 e. The highest BCUT2D eigenvalue weighted by Gasteiger charge is 2.31. The lowest BCUT2D eigenvalue weighted by Crippen LogP contribution is -2.50. The summed E-state index contributed by atoms with van der Waals surface area (Å²) in [7, 11) is 0. The molecule has 2 aliphatic heterocycles. The molecule has 2 atom stereocenters. The molecule has 2 aliphatic rings. The number of hydrogen-bond donors (Lipinski definition) is 1. The Morgan fingerprint density at radius 3 is 2.96 bits per heavy atom. The molecule has 1 N–H and O–H groups in total. The Kier molecular flexibility index (Phi) is 4.83. The highest BCUT2D eigenvalue weighted by molar-refractivity contribution is 5.79. The molecule has 0 saturated carbocycles. The van der Waals surface area contributed by atoms with Crippen LogP contribution in [0.25, 0.3) is 0 Å². The molecule has 1 amide bonds. The van der Waals surface area contributed by atoms with Gasteiger partial charge in [0.25, 0.3) is 0 Å². The molecule has 132 valence electrons. The molecule has 4 rings (SSSR count). The number of aromatic nitrogens is 2. The van der Waals surface area contributed by atoms with Crippen molar-refractivity contribution in [1.29, 1.82) is 0 Å². The summed E-state index contributed by atoms with van der Waals surface area (Å²) < 4.78 is 2.17. The lowest BCUT2D eigenvalue weighted by molar-refractivity contribution is -0.137. The van der Waals surface area contributed by atoms with Gasteiger partial charge in [-0.2, -0.15) is 0 Å². The summed E-state index contributed by atoms with van der Waals surface area (Å²) in [5.74, 6) is 0.454. The van der Waals surface area contributed by atoms with Gasteiger partial charge in [0.15, 0.2) is 0 Å². The fourth-order valence-corrected chi connectivity index (χ4v) is 4.04. The number of likely N-dealkylation sites (tertiary alicyclic amines) is 1. The van der Waals surface area contributed by atoms with Gasteiger partial charge in [0.2, 0.25) is 5.91 Å². The Hall–Kier alpha value is -2.14. The Morgan fingerprint density at radius 2 is 2.08 bits per heavy atom. The molecule has 1 saturated heterocycles. The number of piperidine rings is 1. The first kappa shape index (κ1) is 16.3. The third-order valence-electron chi connectivity index (χ3n) is 5.49. The number of benzene rings is 1. The van der Waals surface area contributed by atoms with Gasteiger partial charge in [0.1, 0.15) is 0 Å². The van der Waals surface area contributed by atoms with Crippen molar-refractivity contribution in [2.75, 3.05) is 13.1 Å². The minimum absolute atomic E-state index is 0.122. The van der Waals surface area contributed by atoms with E-state index < -0.39 is 0 Å². The minimum atomic E-state index is 0.122. The lowest BCUT2D eigenvalue weighted by atomic mass is 9.93. The number of imidazole rings is 1. The van der Waals surface area contributed by atoms with E-state index in [0.717, 1.165) is 51.9 Å². The molecule has 0 spiro atoms. The molecule has 1 fully saturated rings. The van der Waals surface area contributed by atoms with E-state index in [9.17, 15) is 4.79 Å². The van der Waals surface area contributed by atoms with E-state index in [4.69, 9.17) is 0 Å². The van der Waals surface area contributed by atoms with Crippen molar-refractivity contribution < 1.29 is 4.79 Å². The molecule has 5 nitrogen and oxygen atoms in total. The van der Waals surface area contributed by atoms with E-state index >= 15 is 0 Å². The SMILES string of the molecule is O=C(C1CCn2cncc2C1)N1CCCC(NCc2ccccc2)C1. The van der Waals surface area contributed by atoms with Crippen molar-refractivity contribution in [3.63, 3.8) is 0 Å². The first-order chi connectivity index (χ1) is 12.3. The maximum absolute atomic E-state index is 13.0. The molecular formula is C20H26N4O. The van der Waals surface area contributed by atoms with Gasteiger partial charge >= 0.3 is 0 Å². The monoisotopic (exact) mass is 338 g/mol. The zero-order valence-corrected chi connectivity index (χ0v) is 14.6. The minimum Gasteiger partial charge on any atom is -0.341 e. The first-order valence-corrected chi connectivity index (χ1v) is 9.34. The molecular weight excluding hydrogens is 312 g/mol. The number of aryl methyl sites for hydroxylation is 1. The number of amides is 1. The normalized spacial score (nSPS) is 23.3. The molecule has 0 bridgehead atoms. The summed E-state index contributed by atoms with van der Waals surface area (Å²) in [4.78, 5) is 19.3. The lowest BCUT2D eigenvalue weighted by Gasteiger charge is -2.36. The van der Waals surface area contributed by atoms with Gasteiger partial charge in [-0.25, -0.2) is 4.98 Å². The molecule has 2 unspecified atom stereocenters. The van der Waals surface area contributed by atoms with Crippen molar-refractivity contribution in [1.82, 2.24) is 19.8 Å². The summed E-state index contributed by atoms with van der Waals surface area (Å²) in [6.07, 6.45) is 7.77. The summed E-state index contributed by atoms with van der Waals surface area (Å²) in [5, 5.41) is 3.63. The van der Waals surface area contributed by atoms with Gasteiger partial charge in [-0.3, -0.25) is 4.79 Å². The molecule has 0 radical (unpaired) electrons. The second-order valence-electron chi connectivity index (χ2n) is 7.26. The van der Waals surface area contributed by atoms with E-state index in [0.29, 0.717) is 11.9 Å². The van der Waals surface area contributed by atoms with E-state index in [2.05, 4.69) is 44.0 Å². The third-order valence-corrected chi connectivity index (χ3v) is 5.49. The van der Waals surface area contributed by atoms with Crippen LogP contribution in [0.1, 0.15) is 30.5 Å². The fourth-order valence-electron chi connectivity index (χ4n) is 4.04. The van der Waals surface area contributed by atoms with Crippen molar-refractivity contribution in [2.24, 2.45) is 5.92 Å². The van der Waals surface area contributed by atoms with E-state index in [-0.39, 0.29) is 5.92 Å². The highest BCUT2D eigenvalue weighted by atomic mass is 16.2. The molecule has 5 heteroatoms. The Morgan fingerprint density at radius 1 is 1.20 bits per heavy atom. The zero-order chi connectivity index (χ0) is 17.1. The van der Waals surface area contributed by atoms with Crippen molar-refractivity contribution in [2.45, 2.75) is 44.8 Å². The quantitative estimate of drug-likeness (QED) is 0.930. The average Bonchev–Trinajstić information content (AvgIpc) is 3.14. The van der Waals surface area contributed by atoms with Crippen LogP contribution < -0.4 is 5.32 Å². The smallest absolute Gasteiger partial charge is 0.226 e. The van der Waals surface area contributed by atoms with E-state index in [1.165, 1.54) is 11.3 Å². The van der Waals surface area contributed by atoms with Crippen LogP contribution in [0.4, 0.5) is 0 Å². The maximum atomic E-state index is 13.0. The molecule has 25 heavy (non-hydrogen) atoms. The fraction of sp³-hybridized carbons (Fsp3) is 0.500. The van der Waals surface area contributed by atoms with Crippen LogP contribution >= 0.6 is 0 Å². The van der Waals surface area contributed by atoms with Crippen molar-refractivity contribution in [3.05, 3.63) is 54.1 Å². The Balaban J connectivity index is 1.32. The van der Waals surface area contributed by atoms with Crippen LogP contribution in [0.15, 0.2) is 42.9 Å². The second-order valence-corrected chi connectivity index (χ2v) is 7.26. The summed E-state index contributed by atoms with van der Waals surface area (Å²) in [5.41, 5.74) is 2.49. The van der Waals surface area contributed by atoms with Gasteiger partial charge in [-0.1, -0.05) is 30.3 Å². The van der Waals surface area contributed by atoms with Crippen molar-refractivity contribution >= 4 is 5.91 Å². The summed E-state index contributed by atoms with van der Waals surface area (Å²) in [6, 6.07) is 10.9. The van der Waals surface area contributed by atoms with E-state index in [1.807, 2.05) is 18.6 Å². The molecule has 3 heterocycles. The van der Waals surface area contributed by atoms with Crippen LogP contribution in [0, 0.1) is 5.92 Å². The van der Waals surface area contributed by atoms with E-state index in [1.54, 1.807) is 0 Å². The Bertz CT molecular complexity index is 711. The number of nitrogens with one attached hydrogen (secondary N) is 1. The average molecular weight is 338 g/mol. The number of fused-ring (bicyclic) bond motifs is 1. The predicted molar refractivity (Wildman–Crippen MR) is 96.9 cm³/mol. The van der Waals surface area contributed by atoms with Crippen LogP contribution in [0.2, 0.25) is 0 Å². The van der Waals surface area contributed by atoms with Gasteiger partial charge in [-0.05, 0) is 24.8 Å². The number of carbonyl (C=O) groups excluding carboxylic acids is 1. The van der Waals surface area contributed by atoms with Crippen LogP contribution in [0.3, 0.4) is 0 Å². The van der Waals surface area contributed by atoms with Gasteiger partial charge < -0.3 is 14.8 Å². The van der Waals surface area contributed by atoms with Crippen LogP contribution in [-0.2, 0) is 24.3 Å². The molecule has 1 aromatic carbocycles. The first-order valence-electron chi connectivity index (χ1n) is 9.34. The standard InChI is InChI=1S/C20H26N4O/c25-20(17-8-10-24-15-21-13-19(24)11-17)23-9-4-7-18(14-23)22-12-16-5-2-1-3-6-16/h1-3,5-6,13,15,17-18,22H,4,7-12,14H2. The number of rotatable bonds is 4. The number of hydrogen-bond acceptors (Lipinski definition) is 3. The summed E-state index contributed by atoms with van der Waals surface area (Å²) in [6.45, 7) is 3.52. The molecule has 2 aromatic rings. The van der Waals surface area contributed by atoms with Gasteiger partial charge in [0, 0.05) is 56.5 Å². The topological polar surface area (TPSA) is 50.2 Å². The zero-order valence-electron chi connectivity index (χ0n) is 14.6. The van der Waals surface area contributed by atoms with Crippen LogP contribution in [0.5, 0.6) is 0 Å². The highest BCUT2D eigenvalue weighted by Crippen LogP contribution is 2.23. The number of carbonyl (C=O) groups is 1. The molecule has 0 aliphatic carbocycles. The third kappa shape index (κ3) is 3.76. The van der Waals surface area contributed by atoms with Gasteiger partial charge in [-0.15, -0.1) is 0 Å². The number of nitrogens with zero attached hydrogens (tertiary/aromatic N) is 3. The van der Waals surface area contributed by atoms with Crippen molar-refractivity contribution in [3.8, 4) is 0 Å². The van der Waals surface area contributed by atoms with Gasteiger partial charge in [0.05, 0.1) is 6.33 Å². The van der Waals surface area contributed by atoms with Crippen LogP contribution in [-0.4, -0.2) is 39.5 Å².